The molecule has 0 fully saturated rings. The van der Waals surface area contributed by atoms with Crippen LogP contribution in [0.1, 0.15) is 24.0 Å². The zero-order chi connectivity index (χ0) is 17.8. The molecule has 0 aliphatic rings. The summed E-state index contributed by atoms with van der Waals surface area (Å²) in [6.07, 6.45) is 0.588. The largest absolute Gasteiger partial charge is 0.394 e. The highest BCUT2D eigenvalue weighted by Gasteiger charge is 2.21. The lowest BCUT2D eigenvalue weighted by molar-refractivity contribution is 0.0904. The average Bonchev–Trinajstić information content (AvgIpc) is 3.28. The fourth-order valence-electron chi connectivity index (χ4n) is 2.29. The molecule has 0 bridgehead atoms. The SMILES string of the molecule is CCC(CO)NC(=O)c1nc(-c2cccs2)n(-c2cccc(F)c2)n1. The summed E-state index contributed by atoms with van der Waals surface area (Å²) in [5, 5.41) is 18.1. The van der Waals surface area contributed by atoms with Crippen molar-refractivity contribution in [2.24, 2.45) is 0 Å². The summed E-state index contributed by atoms with van der Waals surface area (Å²) in [5.74, 6) is -0.446. The van der Waals surface area contributed by atoms with Crippen molar-refractivity contribution >= 4 is 17.2 Å². The molecule has 1 unspecified atom stereocenters. The van der Waals surface area contributed by atoms with Crippen LogP contribution in [0.15, 0.2) is 41.8 Å². The molecule has 0 saturated heterocycles. The predicted molar refractivity (Wildman–Crippen MR) is 93.3 cm³/mol. The van der Waals surface area contributed by atoms with Gasteiger partial charge in [0.1, 0.15) is 5.82 Å². The normalized spacial score (nSPS) is 12.1. The number of nitrogens with zero attached hydrogens (tertiary/aromatic N) is 3. The first-order valence-electron chi connectivity index (χ1n) is 7.81. The van der Waals surface area contributed by atoms with Gasteiger partial charge in [0.2, 0.25) is 5.82 Å². The van der Waals surface area contributed by atoms with E-state index in [1.54, 1.807) is 12.1 Å². The van der Waals surface area contributed by atoms with Gasteiger partial charge in [-0.25, -0.2) is 14.1 Å². The average molecular weight is 360 g/mol. The Morgan fingerprint density at radius 3 is 2.88 bits per heavy atom. The van der Waals surface area contributed by atoms with E-state index in [4.69, 9.17) is 0 Å². The Morgan fingerprint density at radius 2 is 2.24 bits per heavy atom. The molecule has 1 atom stereocenters. The quantitative estimate of drug-likeness (QED) is 0.708. The van der Waals surface area contributed by atoms with E-state index in [1.165, 1.54) is 28.2 Å². The van der Waals surface area contributed by atoms with Crippen molar-refractivity contribution in [1.82, 2.24) is 20.1 Å². The topological polar surface area (TPSA) is 80.0 Å². The number of halogens is 1. The van der Waals surface area contributed by atoms with Gasteiger partial charge in [-0.2, -0.15) is 0 Å². The summed E-state index contributed by atoms with van der Waals surface area (Å²) >= 11 is 1.45. The first-order chi connectivity index (χ1) is 12.1. The molecule has 6 nitrogen and oxygen atoms in total. The molecule has 0 saturated carbocycles. The highest BCUT2D eigenvalue weighted by molar-refractivity contribution is 7.13. The molecule has 2 heterocycles. The molecular weight excluding hydrogens is 343 g/mol. The molecule has 0 aliphatic carbocycles. The van der Waals surface area contributed by atoms with Crippen LogP contribution in [0.25, 0.3) is 16.4 Å². The predicted octanol–water partition coefficient (Wildman–Crippen LogP) is 2.64. The van der Waals surface area contributed by atoms with Crippen LogP contribution in [-0.2, 0) is 0 Å². The van der Waals surface area contributed by atoms with Crippen LogP contribution in [0.5, 0.6) is 0 Å². The third-order valence-corrected chi connectivity index (χ3v) is 4.52. The molecule has 0 spiro atoms. The van der Waals surface area contributed by atoms with Crippen LogP contribution in [0, 0.1) is 5.82 Å². The van der Waals surface area contributed by atoms with Crippen molar-refractivity contribution in [3.8, 4) is 16.4 Å². The first kappa shape index (κ1) is 17.2. The van der Waals surface area contributed by atoms with Crippen LogP contribution < -0.4 is 5.32 Å². The van der Waals surface area contributed by atoms with Crippen molar-refractivity contribution < 1.29 is 14.3 Å². The number of amides is 1. The summed E-state index contributed by atoms with van der Waals surface area (Å²) in [6, 6.07) is 9.29. The molecule has 0 radical (unpaired) electrons. The molecule has 1 aromatic carbocycles. The molecule has 1 amide bonds. The highest BCUT2D eigenvalue weighted by Crippen LogP contribution is 2.25. The molecule has 3 aromatic rings. The summed E-state index contributed by atoms with van der Waals surface area (Å²) in [4.78, 5) is 17.5. The molecule has 2 N–H and O–H groups in total. The Labute approximate surface area is 148 Å². The van der Waals surface area contributed by atoms with Gasteiger partial charge in [-0.3, -0.25) is 4.79 Å². The number of hydrogen-bond donors (Lipinski definition) is 2. The number of carbonyl (C=O) groups excluding carboxylic acids is 1. The maximum Gasteiger partial charge on any atom is 0.291 e. The van der Waals surface area contributed by atoms with E-state index >= 15 is 0 Å². The number of thiophene rings is 1. The number of aliphatic hydroxyl groups excluding tert-OH is 1. The highest BCUT2D eigenvalue weighted by atomic mass is 32.1. The van der Waals surface area contributed by atoms with Crippen LogP contribution >= 0.6 is 11.3 Å². The molecule has 0 aliphatic heterocycles. The minimum atomic E-state index is -0.478. The lowest BCUT2D eigenvalue weighted by atomic mass is 10.2. The van der Waals surface area contributed by atoms with E-state index in [0.29, 0.717) is 17.9 Å². The fourth-order valence-corrected chi connectivity index (χ4v) is 2.99. The zero-order valence-corrected chi connectivity index (χ0v) is 14.3. The molecule has 8 heteroatoms. The first-order valence-corrected chi connectivity index (χ1v) is 8.69. The lowest BCUT2D eigenvalue weighted by Gasteiger charge is -2.11. The van der Waals surface area contributed by atoms with Gasteiger partial charge in [0.25, 0.3) is 5.91 Å². The van der Waals surface area contributed by atoms with Gasteiger partial charge >= 0.3 is 0 Å². The molecule has 25 heavy (non-hydrogen) atoms. The summed E-state index contributed by atoms with van der Waals surface area (Å²) in [7, 11) is 0. The molecule has 130 valence electrons. The standard InChI is InChI=1S/C17H17FN4O2S/c1-2-12(10-23)19-17(24)15-20-16(14-7-4-8-25-14)22(21-15)13-6-3-5-11(18)9-13/h3-9,12,23H,2,10H2,1H3,(H,19,24). The van der Waals surface area contributed by atoms with Crippen molar-refractivity contribution in [3.05, 3.63) is 53.4 Å². The number of benzene rings is 1. The van der Waals surface area contributed by atoms with Gasteiger partial charge in [0.05, 0.1) is 23.2 Å². The number of aliphatic hydroxyl groups is 1. The summed E-state index contributed by atoms with van der Waals surface area (Å²) in [5.41, 5.74) is 0.476. The van der Waals surface area contributed by atoms with Crippen molar-refractivity contribution in [3.63, 3.8) is 0 Å². The monoisotopic (exact) mass is 360 g/mol. The second-order valence-electron chi connectivity index (χ2n) is 5.39. The van der Waals surface area contributed by atoms with Gasteiger partial charge in [-0.1, -0.05) is 19.1 Å². The molecule has 3 rings (SSSR count). The maximum absolute atomic E-state index is 13.6. The number of rotatable bonds is 6. The maximum atomic E-state index is 13.6. The van der Waals surface area contributed by atoms with E-state index in [-0.39, 0.29) is 18.5 Å². The minimum absolute atomic E-state index is 0.0282. The van der Waals surface area contributed by atoms with E-state index in [2.05, 4.69) is 15.4 Å². The van der Waals surface area contributed by atoms with Gasteiger partial charge in [0.15, 0.2) is 5.82 Å². The minimum Gasteiger partial charge on any atom is -0.394 e. The smallest absolute Gasteiger partial charge is 0.291 e. The zero-order valence-electron chi connectivity index (χ0n) is 13.5. The third kappa shape index (κ3) is 3.75. The Balaban J connectivity index is 2.02. The van der Waals surface area contributed by atoms with Crippen molar-refractivity contribution in [2.75, 3.05) is 6.61 Å². The summed E-state index contributed by atoms with van der Waals surface area (Å²) < 4.78 is 15.0. The van der Waals surface area contributed by atoms with Gasteiger partial charge in [-0.05, 0) is 36.1 Å². The number of aromatic nitrogens is 3. The second kappa shape index (κ2) is 7.54. The van der Waals surface area contributed by atoms with Crippen LogP contribution in [-0.4, -0.2) is 38.4 Å². The number of carbonyl (C=O) groups is 1. The van der Waals surface area contributed by atoms with E-state index in [1.807, 2.05) is 24.4 Å². The van der Waals surface area contributed by atoms with Gasteiger partial charge in [0, 0.05) is 0 Å². The van der Waals surface area contributed by atoms with E-state index < -0.39 is 11.7 Å². The van der Waals surface area contributed by atoms with Gasteiger partial charge in [-0.15, -0.1) is 16.4 Å². The van der Waals surface area contributed by atoms with E-state index in [9.17, 15) is 14.3 Å². The Morgan fingerprint density at radius 1 is 1.40 bits per heavy atom. The Kier molecular flexibility index (Phi) is 5.20. The van der Waals surface area contributed by atoms with Crippen LogP contribution in [0.4, 0.5) is 4.39 Å². The van der Waals surface area contributed by atoms with Crippen LogP contribution in [0.2, 0.25) is 0 Å². The molecular formula is C17H17FN4O2S. The van der Waals surface area contributed by atoms with Crippen molar-refractivity contribution in [1.29, 1.82) is 0 Å². The van der Waals surface area contributed by atoms with Crippen LogP contribution in [0.3, 0.4) is 0 Å². The Bertz CT molecular complexity index is 859. The van der Waals surface area contributed by atoms with Crippen molar-refractivity contribution in [2.45, 2.75) is 19.4 Å². The van der Waals surface area contributed by atoms with E-state index in [0.717, 1.165) is 4.88 Å². The Hall–Kier alpha value is -2.58. The second-order valence-corrected chi connectivity index (χ2v) is 6.34. The summed E-state index contributed by atoms with van der Waals surface area (Å²) in [6.45, 7) is 1.70. The van der Waals surface area contributed by atoms with Gasteiger partial charge < -0.3 is 10.4 Å². The fraction of sp³-hybridized carbons (Fsp3) is 0.235. The molecule has 2 aromatic heterocycles. The number of nitrogens with one attached hydrogen (secondary N) is 1. The number of hydrogen-bond acceptors (Lipinski definition) is 5. The lowest BCUT2D eigenvalue weighted by Crippen LogP contribution is -2.37. The third-order valence-electron chi connectivity index (χ3n) is 3.65.